The SMILES string of the molecule is COc1ccc(C(=O)Nc2cccc(CNC(C)c3ccc4ccccc4c3)c2)cc1. The molecular formula is C27H26N2O2. The third-order valence-corrected chi connectivity index (χ3v) is 5.42. The summed E-state index contributed by atoms with van der Waals surface area (Å²) in [6.07, 6.45) is 0. The number of nitrogens with one attached hydrogen (secondary N) is 2. The molecule has 0 aliphatic carbocycles. The van der Waals surface area contributed by atoms with E-state index in [-0.39, 0.29) is 11.9 Å². The van der Waals surface area contributed by atoms with E-state index in [0.29, 0.717) is 12.1 Å². The van der Waals surface area contributed by atoms with Gasteiger partial charge in [0.15, 0.2) is 0 Å². The second kappa shape index (κ2) is 9.45. The van der Waals surface area contributed by atoms with Gasteiger partial charge in [-0.3, -0.25) is 4.79 Å². The fourth-order valence-corrected chi connectivity index (χ4v) is 3.57. The standard InChI is InChI=1S/C27H26N2O2/c1-19(23-11-10-21-7-3-4-8-24(21)17-23)28-18-20-6-5-9-25(16-20)29-27(30)22-12-14-26(31-2)15-13-22/h3-17,19,28H,18H2,1-2H3,(H,29,30). The van der Waals surface area contributed by atoms with Gasteiger partial charge in [-0.15, -0.1) is 0 Å². The van der Waals surface area contributed by atoms with Gasteiger partial charge in [0.1, 0.15) is 5.75 Å². The summed E-state index contributed by atoms with van der Waals surface area (Å²) in [4.78, 5) is 12.5. The second-order valence-corrected chi connectivity index (χ2v) is 7.59. The molecule has 1 unspecified atom stereocenters. The minimum absolute atomic E-state index is 0.141. The van der Waals surface area contributed by atoms with Gasteiger partial charge >= 0.3 is 0 Å². The fourth-order valence-electron chi connectivity index (χ4n) is 3.57. The molecule has 1 atom stereocenters. The molecule has 1 amide bonds. The highest BCUT2D eigenvalue weighted by Crippen LogP contribution is 2.21. The monoisotopic (exact) mass is 410 g/mol. The summed E-state index contributed by atoms with van der Waals surface area (Å²) in [7, 11) is 1.61. The number of carbonyl (C=O) groups excluding carboxylic acids is 1. The lowest BCUT2D eigenvalue weighted by molar-refractivity contribution is 0.102. The molecule has 0 aliphatic heterocycles. The quantitative estimate of drug-likeness (QED) is 0.396. The minimum atomic E-state index is -0.141. The number of anilines is 1. The number of amides is 1. The first-order valence-electron chi connectivity index (χ1n) is 10.4. The molecule has 156 valence electrons. The van der Waals surface area contributed by atoms with Crippen LogP contribution in [0.1, 0.15) is 34.5 Å². The highest BCUT2D eigenvalue weighted by atomic mass is 16.5. The minimum Gasteiger partial charge on any atom is -0.497 e. The molecule has 0 aliphatic rings. The van der Waals surface area contributed by atoms with Crippen LogP contribution < -0.4 is 15.4 Å². The zero-order valence-corrected chi connectivity index (χ0v) is 17.8. The van der Waals surface area contributed by atoms with Crippen LogP contribution in [-0.4, -0.2) is 13.0 Å². The van der Waals surface area contributed by atoms with Gasteiger partial charge in [0.2, 0.25) is 0 Å². The van der Waals surface area contributed by atoms with E-state index >= 15 is 0 Å². The van der Waals surface area contributed by atoms with Gasteiger partial charge < -0.3 is 15.4 Å². The smallest absolute Gasteiger partial charge is 0.255 e. The molecule has 0 fully saturated rings. The second-order valence-electron chi connectivity index (χ2n) is 7.59. The molecule has 0 heterocycles. The molecule has 0 bridgehead atoms. The highest BCUT2D eigenvalue weighted by Gasteiger charge is 2.09. The number of carbonyl (C=O) groups is 1. The van der Waals surface area contributed by atoms with Crippen LogP contribution in [-0.2, 0) is 6.54 Å². The highest BCUT2D eigenvalue weighted by molar-refractivity contribution is 6.04. The molecule has 0 spiro atoms. The fraction of sp³-hybridized carbons (Fsp3) is 0.148. The number of fused-ring (bicyclic) bond motifs is 1. The van der Waals surface area contributed by atoms with Gasteiger partial charge in [-0.05, 0) is 71.3 Å². The van der Waals surface area contributed by atoms with Crippen LogP contribution >= 0.6 is 0 Å². The number of benzene rings is 4. The molecule has 31 heavy (non-hydrogen) atoms. The Balaban J connectivity index is 1.38. The maximum atomic E-state index is 12.5. The molecule has 4 aromatic carbocycles. The first-order chi connectivity index (χ1) is 15.1. The predicted octanol–water partition coefficient (Wildman–Crippen LogP) is 5.95. The molecular weight excluding hydrogens is 384 g/mol. The van der Waals surface area contributed by atoms with Crippen LogP contribution in [0.5, 0.6) is 5.75 Å². The summed E-state index contributed by atoms with van der Waals surface area (Å²) in [5.74, 6) is 0.586. The Morgan fingerprint density at radius 1 is 0.871 bits per heavy atom. The van der Waals surface area contributed by atoms with Crippen molar-refractivity contribution in [3.63, 3.8) is 0 Å². The molecule has 0 aromatic heterocycles. The lowest BCUT2D eigenvalue weighted by Gasteiger charge is -2.16. The Morgan fingerprint density at radius 2 is 1.65 bits per heavy atom. The summed E-state index contributed by atoms with van der Waals surface area (Å²) >= 11 is 0. The van der Waals surface area contributed by atoms with E-state index < -0.39 is 0 Å². The van der Waals surface area contributed by atoms with Crippen molar-refractivity contribution in [2.75, 3.05) is 12.4 Å². The molecule has 0 radical (unpaired) electrons. The summed E-state index contributed by atoms with van der Waals surface area (Å²) in [6, 6.07) is 30.2. The van der Waals surface area contributed by atoms with Crippen LogP contribution in [0.25, 0.3) is 10.8 Å². The number of hydrogen-bond acceptors (Lipinski definition) is 3. The van der Waals surface area contributed by atoms with Crippen molar-refractivity contribution in [1.29, 1.82) is 0 Å². The van der Waals surface area contributed by atoms with Crippen molar-refractivity contribution in [2.45, 2.75) is 19.5 Å². The molecule has 4 heteroatoms. The van der Waals surface area contributed by atoms with E-state index in [1.807, 2.05) is 18.2 Å². The zero-order valence-electron chi connectivity index (χ0n) is 17.8. The Labute approximate surface area is 182 Å². The molecule has 4 aromatic rings. The van der Waals surface area contributed by atoms with Crippen molar-refractivity contribution in [2.24, 2.45) is 0 Å². The van der Waals surface area contributed by atoms with Gasteiger partial charge in [-0.25, -0.2) is 0 Å². The maximum absolute atomic E-state index is 12.5. The molecule has 4 nitrogen and oxygen atoms in total. The first kappa shape index (κ1) is 20.6. The summed E-state index contributed by atoms with van der Waals surface area (Å²) < 4.78 is 5.14. The van der Waals surface area contributed by atoms with Gasteiger partial charge in [0.05, 0.1) is 7.11 Å². The number of methoxy groups -OCH3 is 1. The normalized spacial score (nSPS) is 11.8. The van der Waals surface area contributed by atoms with Crippen molar-refractivity contribution in [1.82, 2.24) is 5.32 Å². The van der Waals surface area contributed by atoms with E-state index in [1.54, 1.807) is 31.4 Å². The van der Waals surface area contributed by atoms with E-state index in [2.05, 4.69) is 66.1 Å². The van der Waals surface area contributed by atoms with Crippen molar-refractivity contribution >= 4 is 22.4 Å². The topological polar surface area (TPSA) is 50.4 Å². The zero-order chi connectivity index (χ0) is 21.6. The van der Waals surface area contributed by atoms with E-state index in [1.165, 1.54) is 16.3 Å². The Kier molecular flexibility index (Phi) is 6.29. The van der Waals surface area contributed by atoms with Crippen LogP contribution in [0.4, 0.5) is 5.69 Å². The lowest BCUT2D eigenvalue weighted by Crippen LogP contribution is -2.18. The van der Waals surface area contributed by atoms with Crippen LogP contribution in [0, 0.1) is 0 Å². The average Bonchev–Trinajstić information content (AvgIpc) is 2.82. The van der Waals surface area contributed by atoms with Gasteiger partial charge in [-0.1, -0.05) is 48.5 Å². The predicted molar refractivity (Wildman–Crippen MR) is 127 cm³/mol. The molecule has 0 saturated carbocycles. The van der Waals surface area contributed by atoms with Crippen molar-refractivity contribution < 1.29 is 9.53 Å². The van der Waals surface area contributed by atoms with E-state index in [9.17, 15) is 4.79 Å². The van der Waals surface area contributed by atoms with E-state index in [4.69, 9.17) is 4.74 Å². The van der Waals surface area contributed by atoms with E-state index in [0.717, 1.165) is 17.0 Å². The van der Waals surface area contributed by atoms with Gasteiger partial charge in [0.25, 0.3) is 5.91 Å². The Morgan fingerprint density at radius 3 is 2.42 bits per heavy atom. The largest absolute Gasteiger partial charge is 0.497 e. The summed E-state index contributed by atoms with van der Waals surface area (Å²) in [5, 5.41) is 9.04. The number of ether oxygens (including phenoxy) is 1. The van der Waals surface area contributed by atoms with Crippen LogP contribution in [0.15, 0.2) is 91.0 Å². The van der Waals surface area contributed by atoms with Crippen molar-refractivity contribution in [3.8, 4) is 5.75 Å². The summed E-state index contributed by atoms with van der Waals surface area (Å²) in [6.45, 7) is 2.87. The summed E-state index contributed by atoms with van der Waals surface area (Å²) in [5.41, 5.74) is 3.73. The first-order valence-corrected chi connectivity index (χ1v) is 10.4. The van der Waals surface area contributed by atoms with Crippen molar-refractivity contribution in [3.05, 3.63) is 108 Å². The van der Waals surface area contributed by atoms with Gasteiger partial charge in [-0.2, -0.15) is 0 Å². The third kappa shape index (κ3) is 5.11. The Bertz CT molecular complexity index is 1190. The van der Waals surface area contributed by atoms with Crippen LogP contribution in [0.2, 0.25) is 0 Å². The molecule has 2 N–H and O–H groups in total. The van der Waals surface area contributed by atoms with Crippen LogP contribution in [0.3, 0.4) is 0 Å². The average molecular weight is 411 g/mol. The maximum Gasteiger partial charge on any atom is 0.255 e. The molecule has 0 saturated heterocycles. The lowest BCUT2D eigenvalue weighted by atomic mass is 10.0. The molecule has 4 rings (SSSR count). The number of hydrogen-bond donors (Lipinski definition) is 2. The van der Waals surface area contributed by atoms with Gasteiger partial charge in [0, 0.05) is 23.8 Å². The third-order valence-electron chi connectivity index (χ3n) is 5.42. The number of rotatable bonds is 7. The Hall–Kier alpha value is -3.63.